The smallest absolute Gasteiger partial charge is 0.160 e. The highest BCUT2D eigenvalue weighted by Crippen LogP contribution is 2.42. The van der Waals surface area contributed by atoms with Gasteiger partial charge in [0.1, 0.15) is 11.2 Å². The number of fused-ring (bicyclic) bond motifs is 6. The van der Waals surface area contributed by atoms with Crippen molar-refractivity contribution >= 4 is 43.5 Å². The monoisotopic (exact) mass is 574 g/mol. The standard InChI is InChI=1S/C42H26N2O/c1-3-12-28(13-4-1)36-24-31-17-9-10-18-34(31)41-40(36)35-22-21-33(25-39(35)45-41)38-26-37(43-42(44-38)29-14-5-2-6-15-29)32-20-19-27-11-7-8-16-30(27)23-32/h1-26H. The van der Waals surface area contributed by atoms with E-state index >= 15 is 0 Å². The summed E-state index contributed by atoms with van der Waals surface area (Å²) in [4.78, 5) is 10.1. The zero-order valence-electron chi connectivity index (χ0n) is 24.3. The summed E-state index contributed by atoms with van der Waals surface area (Å²) in [5.41, 5.74) is 8.82. The fraction of sp³-hybridized carbons (Fsp3) is 0. The fourth-order valence-corrected chi connectivity index (χ4v) is 6.42. The lowest BCUT2D eigenvalue weighted by atomic mass is 9.95. The summed E-state index contributed by atoms with van der Waals surface area (Å²) >= 11 is 0. The molecular formula is C42H26N2O. The Hall–Kier alpha value is -6.06. The van der Waals surface area contributed by atoms with Gasteiger partial charge in [0.2, 0.25) is 0 Å². The third-order valence-corrected chi connectivity index (χ3v) is 8.65. The molecule has 2 aromatic heterocycles. The SMILES string of the molecule is c1ccc(-c2nc(-c3ccc4ccccc4c3)cc(-c3ccc4c(c3)oc3c5ccccc5cc(-c5ccccc5)c43)n2)cc1. The second-order valence-electron chi connectivity index (χ2n) is 11.4. The molecule has 0 amide bonds. The summed E-state index contributed by atoms with van der Waals surface area (Å²) in [6.07, 6.45) is 0. The summed E-state index contributed by atoms with van der Waals surface area (Å²) in [5.74, 6) is 0.693. The van der Waals surface area contributed by atoms with Crippen LogP contribution in [0.2, 0.25) is 0 Å². The number of aromatic nitrogens is 2. The minimum absolute atomic E-state index is 0.693. The van der Waals surface area contributed by atoms with Crippen LogP contribution in [0.4, 0.5) is 0 Å². The van der Waals surface area contributed by atoms with Crippen molar-refractivity contribution in [3.8, 4) is 45.0 Å². The second kappa shape index (κ2) is 10.3. The molecule has 3 heteroatoms. The van der Waals surface area contributed by atoms with Gasteiger partial charge in [-0.2, -0.15) is 0 Å². The van der Waals surface area contributed by atoms with E-state index in [4.69, 9.17) is 14.4 Å². The topological polar surface area (TPSA) is 38.9 Å². The molecule has 0 aliphatic heterocycles. The summed E-state index contributed by atoms with van der Waals surface area (Å²) in [5, 5.41) is 6.87. The Bertz CT molecular complexity index is 2530. The van der Waals surface area contributed by atoms with E-state index in [-0.39, 0.29) is 0 Å². The van der Waals surface area contributed by atoms with Gasteiger partial charge >= 0.3 is 0 Å². The molecular weight excluding hydrogens is 548 g/mol. The molecule has 3 nitrogen and oxygen atoms in total. The zero-order valence-corrected chi connectivity index (χ0v) is 24.3. The molecule has 0 bridgehead atoms. The van der Waals surface area contributed by atoms with Crippen LogP contribution < -0.4 is 0 Å². The first kappa shape index (κ1) is 25.4. The highest BCUT2D eigenvalue weighted by atomic mass is 16.3. The number of hydrogen-bond acceptors (Lipinski definition) is 3. The molecule has 45 heavy (non-hydrogen) atoms. The van der Waals surface area contributed by atoms with Crippen molar-refractivity contribution in [2.45, 2.75) is 0 Å². The molecule has 9 rings (SSSR count). The van der Waals surface area contributed by atoms with Gasteiger partial charge in [-0.05, 0) is 57.6 Å². The van der Waals surface area contributed by atoms with Gasteiger partial charge in [-0.25, -0.2) is 9.97 Å². The third kappa shape index (κ3) is 4.37. The zero-order chi connectivity index (χ0) is 29.7. The molecule has 0 spiro atoms. The molecule has 0 saturated heterocycles. The van der Waals surface area contributed by atoms with Crippen LogP contribution in [0.5, 0.6) is 0 Å². The van der Waals surface area contributed by atoms with Crippen LogP contribution in [0.25, 0.3) is 88.5 Å². The van der Waals surface area contributed by atoms with Crippen molar-refractivity contribution in [2.24, 2.45) is 0 Å². The Morgan fingerprint density at radius 3 is 1.80 bits per heavy atom. The lowest BCUT2D eigenvalue weighted by molar-refractivity contribution is 0.673. The van der Waals surface area contributed by atoms with Crippen LogP contribution in [-0.2, 0) is 0 Å². The van der Waals surface area contributed by atoms with Gasteiger partial charge in [0.15, 0.2) is 5.82 Å². The van der Waals surface area contributed by atoms with Gasteiger partial charge in [0.25, 0.3) is 0 Å². The Kier molecular flexibility index (Phi) is 5.82. The maximum Gasteiger partial charge on any atom is 0.160 e. The molecule has 2 heterocycles. The minimum Gasteiger partial charge on any atom is -0.455 e. The summed E-state index contributed by atoms with van der Waals surface area (Å²) in [7, 11) is 0. The summed E-state index contributed by atoms with van der Waals surface area (Å²) in [6.45, 7) is 0. The maximum absolute atomic E-state index is 6.72. The van der Waals surface area contributed by atoms with Crippen molar-refractivity contribution in [3.05, 3.63) is 158 Å². The molecule has 0 saturated carbocycles. The average molecular weight is 575 g/mol. The second-order valence-corrected chi connectivity index (χ2v) is 11.4. The molecule has 0 radical (unpaired) electrons. The molecule has 0 N–H and O–H groups in total. The maximum atomic E-state index is 6.72. The predicted octanol–water partition coefficient (Wildman–Crippen LogP) is 11.4. The fourth-order valence-electron chi connectivity index (χ4n) is 6.42. The van der Waals surface area contributed by atoms with Crippen molar-refractivity contribution < 1.29 is 4.42 Å². The quantitative estimate of drug-likeness (QED) is 0.210. The largest absolute Gasteiger partial charge is 0.455 e. The predicted molar refractivity (Wildman–Crippen MR) is 186 cm³/mol. The normalized spacial score (nSPS) is 11.6. The van der Waals surface area contributed by atoms with Gasteiger partial charge in [0, 0.05) is 32.8 Å². The highest BCUT2D eigenvalue weighted by Gasteiger charge is 2.18. The molecule has 9 aromatic rings. The van der Waals surface area contributed by atoms with E-state index in [1.807, 2.05) is 18.2 Å². The summed E-state index contributed by atoms with van der Waals surface area (Å²) in [6, 6.07) is 54.9. The Labute approximate surface area is 260 Å². The van der Waals surface area contributed by atoms with E-state index in [0.29, 0.717) is 5.82 Å². The molecule has 7 aromatic carbocycles. The number of rotatable bonds is 4. The molecule has 210 valence electrons. The van der Waals surface area contributed by atoms with E-state index in [9.17, 15) is 0 Å². The van der Waals surface area contributed by atoms with Gasteiger partial charge in [-0.3, -0.25) is 0 Å². The first-order valence-corrected chi connectivity index (χ1v) is 15.2. The van der Waals surface area contributed by atoms with Crippen molar-refractivity contribution in [1.29, 1.82) is 0 Å². The number of hydrogen-bond donors (Lipinski definition) is 0. The molecule has 0 fully saturated rings. The summed E-state index contributed by atoms with van der Waals surface area (Å²) < 4.78 is 6.72. The first-order chi connectivity index (χ1) is 22.3. The molecule has 0 atom stereocenters. The van der Waals surface area contributed by atoms with Crippen LogP contribution in [0.15, 0.2) is 162 Å². The van der Waals surface area contributed by atoms with E-state index in [1.165, 1.54) is 21.9 Å². The minimum atomic E-state index is 0.693. The molecule has 0 aliphatic rings. The highest BCUT2D eigenvalue weighted by molar-refractivity contribution is 6.21. The van der Waals surface area contributed by atoms with Gasteiger partial charge in [-0.1, -0.05) is 127 Å². The number of nitrogens with zero attached hydrogens (tertiary/aromatic N) is 2. The number of furan rings is 1. The molecule has 0 unspecified atom stereocenters. The van der Waals surface area contributed by atoms with Crippen LogP contribution in [0, 0.1) is 0 Å². The van der Waals surface area contributed by atoms with E-state index in [0.717, 1.165) is 60.8 Å². The molecule has 0 aliphatic carbocycles. The lowest BCUT2D eigenvalue weighted by Gasteiger charge is -2.10. The van der Waals surface area contributed by atoms with Crippen molar-refractivity contribution in [3.63, 3.8) is 0 Å². The van der Waals surface area contributed by atoms with E-state index in [2.05, 4.69) is 140 Å². The number of benzene rings is 7. The van der Waals surface area contributed by atoms with Crippen LogP contribution in [0.1, 0.15) is 0 Å². The van der Waals surface area contributed by atoms with Gasteiger partial charge in [0.05, 0.1) is 11.4 Å². The Morgan fingerprint density at radius 2 is 1.02 bits per heavy atom. The Balaban J connectivity index is 1.27. The van der Waals surface area contributed by atoms with Gasteiger partial charge < -0.3 is 4.42 Å². The third-order valence-electron chi connectivity index (χ3n) is 8.65. The average Bonchev–Trinajstić information content (AvgIpc) is 3.51. The van der Waals surface area contributed by atoms with Crippen LogP contribution in [0.3, 0.4) is 0 Å². The Morgan fingerprint density at radius 1 is 0.400 bits per heavy atom. The lowest BCUT2D eigenvalue weighted by Crippen LogP contribution is -1.96. The van der Waals surface area contributed by atoms with E-state index in [1.54, 1.807) is 0 Å². The van der Waals surface area contributed by atoms with Crippen LogP contribution in [-0.4, -0.2) is 9.97 Å². The van der Waals surface area contributed by atoms with Crippen molar-refractivity contribution in [1.82, 2.24) is 9.97 Å². The first-order valence-electron chi connectivity index (χ1n) is 15.2. The van der Waals surface area contributed by atoms with E-state index < -0.39 is 0 Å². The van der Waals surface area contributed by atoms with Gasteiger partial charge in [-0.15, -0.1) is 0 Å². The van der Waals surface area contributed by atoms with Crippen molar-refractivity contribution in [2.75, 3.05) is 0 Å². The van der Waals surface area contributed by atoms with Crippen LogP contribution >= 0.6 is 0 Å².